The molecule has 6 heteroatoms. The summed E-state index contributed by atoms with van der Waals surface area (Å²) in [5.41, 5.74) is 4.40. The first-order valence-electron chi connectivity index (χ1n) is 13.5. The van der Waals surface area contributed by atoms with E-state index in [0.29, 0.717) is 10.6 Å². The second kappa shape index (κ2) is 8.61. The molecule has 3 amide bonds. The van der Waals surface area contributed by atoms with E-state index in [2.05, 4.69) is 19.2 Å². The highest BCUT2D eigenvalue weighted by molar-refractivity contribution is 7.17. The highest BCUT2D eigenvalue weighted by atomic mass is 32.1. The Hall–Kier alpha value is -1.95. The fourth-order valence-corrected chi connectivity index (χ4v) is 9.21. The van der Waals surface area contributed by atoms with Crippen molar-refractivity contribution in [3.63, 3.8) is 0 Å². The molecule has 0 radical (unpaired) electrons. The normalized spacial score (nSPS) is 31.0. The third kappa shape index (κ3) is 3.35. The van der Waals surface area contributed by atoms with Gasteiger partial charge >= 0.3 is 0 Å². The van der Waals surface area contributed by atoms with Crippen molar-refractivity contribution in [2.24, 2.45) is 23.7 Å². The lowest BCUT2D eigenvalue weighted by molar-refractivity contribution is -0.122. The van der Waals surface area contributed by atoms with Crippen LogP contribution in [0.4, 0.5) is 5.00 Å². The van der Waals surface area contributed by atoms with Gasteiger partial charge in [-0.15, -0.1) is 11.3 Å². The molecule has 3 saturated carbocycles. The first-order chi connectivity index (χ1) is 16.5. The highest BCUT2D eigenvalue weighted by Crippen LogP contribution is 2.61. The largest absolute Gasteiger partial charge is 0.349 e. The van der Waals surface area contributed by atoms with Crippen molar-refractivity contribution in [2.45, 2.75) is 96.9 Å². The lowest BCUT2D eigenvalue weighted by Crippen LogP contribution is -2.38. The third-order valence-corrected chi connectivity index (χ3v) is 10.5. The van der Waals surface area contributed by atoms with Crippen molar-refractivity contribution in [2.75, 3.05) is 4.90 Å². The van der Waals surface area contributed by atoms with Crippen LogP contribution in [-0.2, 0) is 22.4 Å². The fourth-order valence-electron chi connectivity index (χ4n) is 7.82. The smallest absolute Gasteiger partial charge is 0.254 e. The second-order valence-electron chi connectivity index (χ2n) is 11.4. The zero-order chi connectivity index (χ0) is 23.6. The highest BCUT2D eigenvalue weighted by Gasteiger charge is 2.64. The average molecular weight is 481 g/mol. The number of carbonyl (C=O) groups excluding carboxylic acids is 3. The molecule has 5 aliphatic rings. The van der Waals surface area contributed by atoms with Crippen LogP contribution in [0.5, 0.6) is 0 Å². The fraction of sp³-hybridized carbons (Fsp3) is 0.679. The Kier molecular flexibility index (Phi) is 5.70. The summed E-state index contributed by atoms with van der Waals surface area (Å²) in [6.07, 6.45) is 12.8. The maximum atomic E-state index is 13.9. The number of carbonyl (C=O) groups is 3. The summed E-state index contributed by atoms with van der Waals surface area (Å²) in [6.45, 7) is 4.25. The number of nitrogens with zero attached hydrogens (tertiary/aromatic N) is 1. The predicted molar refractivity (Wildman–Crippen MR) is 134 cm³/mol. The summed E-state index contributed by atoms with van der Waals surface area (Å²) in [5, 5.41) is 3.93. The van der Waals surface area contributed by atoms with Crippen molar-refractivity contribution in [1.29, 1.82) is 0 Å². The monoisotopic (exact) mass is 480 g/mol. The van der Waals surface area contributed by atoms with Gasteiger partial charge in [-0.3, -0.25) is 14.4 Å². The maximum Gasteiger partial charge on any atom is 0.254 e. The Morgan fingerprint density at radius 2 is 1.47 bits per heavy atom. The van der Waals surface area contributed by atoms with Crippen LogP contribution in [0.15, 0.2) is 11.1 Å². The molecule has 2 heterocycles. The van der Waals surface area contributed by atoms with E-state index in [4.69, 9.17) is 0 Å². The Morgan fingerprint density at radius 1 is 0.853 bits per heavy atom. The molecule has 4 aliphatic carbocycles. The van der Waals surface area contributed by atoms with Crippen LogP contribution in [0.1, 0.15) is 98.9 Å². The zero-order valence-electron chi connectivity index (χ0n) is 20.5. The molecule has 0 unspecified atom stereocenters. The number of hydrogen-bond acceptors (Lipinski definition) is 4. The molecule has 6 rings (SSSR count). The molecule has 4 fully saturated rings. The van der Waals surface area contributed by atoms with Crippen molar-refractivity contribution < 1.29 is 14.4 Å². The number of amides is 3. The molecule has 2 bridgehead atoms. The number of nitrogens with one attached hydrogen (secondary N) is 1. The first-order valence-corrected chi connectivity index (χ1v) is 14.3. The van der Waals surface area contributed by atoms with Crippen LogP contribution in [0, 0.1) is 23.7 Å². The van der Waals surface area contributed by atoms with Gasteiger partial charge in [0.1, 0.15) is 5.00 Å². The van der Waals surface area contributed by atoms with Gasteiger partial charge in [-0.1, -0.05) is 36.8 Å². The standard InChI is InChI=1S/C28H36N2O3S/c1-15(2)21-18-13-14-19(21)23-22(18)26(32)30(27(23)33)28-24(17-11-7-4-8-12-20(17)34-28)25(31)29-16-9-5-3-6-10-16/h16,18-19,22-23H,3-14H2,1-2H3,(H,29,31)/t18-,19-,22+,23+/m1/s1. The van der Waals surface area contributed by atoms with E-state index in [0.717, 1.165) is 69.8 Å². The van der Waals surface area contributed by atoms with Crippen LogP contribution >= 0.6 is 11.3 Å². The van der Waals surface area contributed by atoms with E-state index < -0.39 is 0 Å². The molecule has 1 aliphatic heterocycles. The number of thiophene rings is 1. The number of rotatable bonds is 3. The van der Waals surface area contributed by atoms with Gasteiger partial charge < -0.3 is 5.32 Å². The Bertz CT molecular complexity index is 1040. The number of anilines is 1. The quantitative estimate of drug-likeness (QED) is 0.350. The van der Waals surface area contributed by atoms with Crippen LogP contribution in [0.25, 0.3) is 0 Å². The molecule has 4 atom stereocenters. The first kappa shape index (κ1) is 22.5. The summed E-state index contributed by atoms with van der Waals surface area (Å²) in [5.74, 6) is -0.211. The summed E-state index contributed by atoms with van der Waals surface area (Å²) in [6, 6.07) is 0.204. The summed E-state index contributed by atoms with van der Waals surface area (Å²) >= 11 is 1.55. The molecule has 1 saturated heterocycles. The van der Waals surface area contributed by atoms with Crippen LogP contribution in [-0.4, -0.2) is 23.8 Å². The minimum Gasteiger partial charge on any atom is -0.349 e. The average Bonchev–Trinajstić information content (AvgIpc) is 3.50. The SMILES string of the molecule is CC(C)=C1[C@H]2CC[C@H]1[C@@H]1C(=O)N(c3sc4c(c3C(=O)NC3CCCCC3)CCCCC4)C(=O)[C@H]12. The van der Waals surface area contributed by atoms with Gasteiger partial charge in [-0.2, -0.15) is 0 Å². The van der Waals surface area contributed by atoms with E-state index in [9.17, 15) is 14.4 Å². The molecule has 0 spiro atoms. The van der Waals surface area contributed by atoms with Gasteiger partial charge in [-0.25, -0.2) is 4.90 Å². The lowest BCUT2D eigenvalue weighted by Gasteiger charge is -2.24. The minimum absolute atomic E-state index is 0.0518. The van der Waals surface area contributed by atoms with Gasteiger partial charge in [0.2, 0.25) is 11.8 Å². The number of fused-ring (bicyclic) bond motifs is 6. The molecular weight excluding hydrogens is 444 g/mol. The topological polar surface area (TPSA) is 66.5 Å². The summed E-state index contributed by atoms with van der Waals surface area (Å²) in [4.78, 5) is 44.1. The predicted octanol–water partition coefficient (Wildman–Crippen LogP) is 5.56. The number of imide groups is 1. The van der Waals surface area contributed by atoms with Crippen molar-refractivity contribution in [1.82, 2.24) is 5.32 Å². The lowest BCUT2D eigenvalue weighted by atomic mass is 9.81. The Balaban J connectivity index is 1.38. The van der Waals surface area contributed by atoms with Crippen molar-refractivity contribution in [3.8, 4) is 0 Å². The van der Waals surface area contributed by atoms with E-state index in [1.165, 1.54) is 33.8 Å². The molecular formula is C28H36N2O3S. The maximum absolute atomic E-state index is 13.9. The molecule has 34 heavy (non-hydrogen) atoms. The van der Waals surface area contributed by atoms with Crippen LogP contribution in [0.2, 0.25) is 0 Å². The number of aryl methyl sites for hydroxylation is 1. The van der Waals surface area contributed by atoms with Gasteiger partial charge in [0.25, 0.3) is 5.91 Å². The van der Waals surface area contributed by atoms with Crippen LogP contribution in [0.3, 0.4) is 0 Å². The molecule has 1 aromatic heterocycles. The van der Waals surface area contributed by atoms with Gasteiger partial charge in [0, 0.05) is 10.9 Å². The van der Waals surface area contributed by atoms with Gasteiger partial charge in [-0.05, 0) is 82.6 Å². The van der Waals surface area contributed by atoms with Gasteiger partial charge in [0.05, 0.1) is 17.4 Å². The molecule has 1 N–H and O–H groups in total. The van der Waals surface area contributed by atoms with E-state index in [1.54, 1.807) is 11.3 Å². The van der Waals surface area contributed by atoms with Crippen molar-refractivity contribution in [3.05, 3.63) is 27.2 Å². The number of allylic oxidation sites excluding steroid dienone is 2. The molecule has 182 valence electrons. The van der Waals surface area contributed by atoms with E-state index in [1.807, 2.05) is 0 Å². The Labute approximate surface area is 206 Å². The van der Waals surface area contributed by atoms with Gasteiger partial charge in [0.15, 0.2) is 0 Å². The van der Waals surface area contributed by atoms with Crippen LogP contribution < -0.4 is 10.2 Å². The third-order valence-electron chi connectivity index (χ3n) is 9.20. The number of hydrogen-bond donors (Lipinski definition) is 1. The summed E-state index contributed by atoms with van der Waals surface area (Å²) < 4.78 is 0. The molecule has 5 nitrogen and oxygen atoms in total. The minimum atomic E-state index is -0.229. The zero-order valence-corrected chi connectivity index (χ0v) is 21.3. The second-order valence-corrected chi connectivity index (χ2v) is 12.4. The molecule has 1 aromatic rings. The van der Waals surface area contributed by atoms with E-state index >= 15 is 0 Å². The Morgan fingerprint density at radius 3 is 2.12 bits per heavy atom. The van der Waals surface area contributed by atoms with Crippen molar-refractivity contribution >= 4 is 34.1 Å². The molecule has 0 aromatic carbocycles. The summed E-state index contributed by atoms with van der Waals surface area (Å²) in [7, 11) is 0. The van der Waals surface area contributed by atoms with E-state index in [-0.39, 0.29) is 47.4 Å².